The molecule has 0 bridgehead atoms. The number of benzene rings is 1. The molecule has 2 heterocycles. The van der Waals surface area contributed by atoms with Crippen molar-refractivity contribution in [1.82, 2.24) is 15.1 Å². The number of piperazine rings is 1. The van der Waals surface area contributed by atoms with Crippen LogP contribution in [0, 0.1) is 0 Å². The fraction of sp³-hybridized carbons (Fsp3) is 0.500. The Balaban J connectivity index is 1.42. The number of aromatic nitrogens is 2. The van der Waals surface area contributed by atoms with Crippen molar-refractivity contribution in [3.63, 3.8) is 0 Å². The van der Waals surface area contributed by atoms with Gasteiger partial charge in [0, 0.05) is 44.1 Å². The number of carbonyl (C=O) groups excluding carboxylic acids is 1. The first kappa shape index (κ1) is 17.7. The van der Waals surface area contributed by atoms with Crippen LogP contribution in [0.2, 0.25) is 0 Å². The Labute approximate surface area is 159 Å². The normalized spacial score (nSPS) is 18.0. The Morgan fingerprint density at radius 1 is 1.11 bits per heavy atom. The van der Waals surface area contributed by atoms with E-state index in [1.165, 1.54) is 12.8 Å². The maximum atomic E-state index is 12.4. The van der Waals surface area contributed by atoms with Gasteiger partial charge in [0.05, 0.1) is 13.2 Å². The molecule has 0 atom stereocenters. The highest BCUT2D eigenvalue weighted by molar-refractivity contribution is 5.92. The van der Waals surface area contributed by atoms with Gasteiger partial charge in [-0.3, -0.25) is 9.89 Å². The van der Waals surface area contributed by atoms with E-state index < -0.39 is 0 Å². The third kappa shape index (κ3) is 3.86. The quantitative estimate of drug-likeness (QED) is 0.876. The van der Waals surface area contributed by atoms with Gasteiger partial charge in [0.25, 0.3) is 5.91 Å². The number of amides is 1. The third-order valence-corrected chi connectivity index (χ3v) is 5.41. The van der Waals surface area contributed by atoms with Crippen molar-refractivity contribution in [2.45, 2.75) is 31.8 Å². The molecule has 1 aliphatic carbocycles. The van der Waals surface area contributed by atoms with E-state index in [2.05, 4.69) is 27.2 Å². The van der Waals surface area contributed by atoms with Crippen LogP contribution in [0.5, 0.6) is 11.5 Å². The number of carbonyl (C=O) groups is 1. The first-order valence-electron chi connectivity index (χ1n) is 9.63. The van der Waals surface area contributed by atoms with Gasteiger partial charge in [0.2, 0.25) is 0 Å². The molecule has 7 nitrogen and oxygen atoms in total. The monoisotopic (exact) mass is 370 g/mol. The molecule has 1 saturated heterocycles. The predicted molar refractivity (Wildman–Crippen MR) is 103 cm³/mol. The molecular weight excluding hydrogens is 344 g/mol. The van der Waals surface area contributed by atoms with Crippen molar-refractivity contribution < 1.29 is 14.3 Å². The summed E-state index contributed by atoms with van der Waals surface area (Å²) in [6.45, 7) is 2.94. The van der Waals surface area contributed by atoms with Crippen LogP contribution >= 0.6 is 0 Å². The maximum Gasteiger partial charge on any atom is 0.271 e. The summed E-state index contributed by atoms with van der Waals surface area (Å²) in [4.78, 5) is 16.6. The number of nitrogens with one attached hydrogen (secondary N) is 1. The molecule has 4 rings (SSSR count). The van der Waals surface area contributed by atoms with E-state index in [0.717, 1.165) is 43.1 Å². The van der Waals surface area contributed by atoms with Gasteiger partial charge in [-0.15, -0.1) is 0 Å². The number of methoxy groups -OCH3 is 1. The van der Waals surface area contributed by atoms with Gasteiger partial charge in [0.15, 0.2) is 11.5 Å². The fourth-order valence-electron chi connectivity index (χ4n) is 3.85. The van der Waals surface area contributed by atoms with Gasteiger partial charge in [-0.2, -0.15) is 5.10 Å². The maximum absolute atomic E-state index is 12.4. The zero-order valence-corrected chi connectivity index (χ0v) is 15.7. The molecule has 7 heteroatoms. The number of hydrogen-bond acceptors (Lipinski definition) is 5. The molecule has 1 aromatic heterocycles. The van der Waals surface area contributed by atoms with Gasteiger partial charge < -0.3 is 19.3 Å². The van der Waals surface area contributed by atoms with E-state index in [0.29, 0.717) is 18.8 Å². The number of hydrogen-bond donors (Lipinski definition) is 1. The lowest BCUT2D eigenvalue weighted by Crippen LogP contribution is -2.48. The molecule has 27 heavy (non-hydrogen) atoms. The van der Waals surface area contributed by atoms with E-state index in [1.54, 1.807) is 19.4 Å². The van der Waals surface area contributed by atoms with Crippen LogP contribution in [-0.4, -0.2) is 60.4 Å². The molecular formula is C20H26N4O3. The SMILES string of the molecule is COc1ccc(N2CCN(C(=O)c3ccn[nH]3)CC2)cc1OC1CCCC1. The van der Waals surface area contributed by atoms with Gasteiger partial charge in [-0.1, -0.05) is 0 Å². The third-order valence-electron chi connectivity index (χ3n) is 5.41. The lowest BCUT2D eigenvalue weighted by molar-refractivity contribution is 0.0740. The Kier molecular flexibility index (Phi) is 5.18. The van der Waals surface area contributed by atoms with Crippen LogP contribution in [0.15, 0.2) is 30.5 Å². The molecule has 144 valence electrons. The Morgan fingerprint density at radius 2 is 1.89 bits per heavy atom. The van der Waals surface area contributed by atoms with E-state index in [9.17, 15) is 4.79 Å². The average Bonchev–Trinajstić information content (AvgIpc) is 3.42. The summed E-state index contributed by atoms with van der Waals surface area (Å²) >= 11 is 0. The molecule has 2 aliphatic rings. The van der Waals surface area contributed by atoms with E-state index >= 15 is 0 Å². The number of anilines is 1. The average molecular weight is 370 g/mol. The van der Waals surface area contributed by atoms with Crippen molar-refractivity contribution in [1.29, 1.82) is 0 Å². The van der Waals surface area contributed by atoms with Gasteiger partial charge in [0.1, 0.15) is 5.69 Å². The zero-order chi connectivity index (χ0) is 18.6. The topological polar surface area (TPSA) is 70.7 Å². The Bertz CT molecular complexity index is 764. The highest BCUT2D eigenvalue weighted by atomic mass is 16.5. The highest BCUT2D eigenvalue weighted by Crippen LogP contribution is 2.35. The summed E-state index contributed by atoms with van der Waals surface area (Å²) in [6.07, 6.45) is 6.59. The number of ether oxygens (including phenoxy) is 2. The molecule has 0 spiro atoms. The minimum absolute atomic E-state index is 0.00661. The Morgan fingerprint density at radius 3 is 2.56 bits per heavy atom. The van der Waals surface area contributed by atoms with Crippen molar-refractivity contribution in [2.75, 3.05) is 38.2 Å². The summed E-state index contributed by atoms with van der Waals surface area (Å²) in [5, 5.41) is 6.61. The first-order chi connectivity index (χ1) is 13.2. The largest absolute Gasteiger partial charge is 0.493 e. The smallest absolute Gasteiger partial charge is 0.271 e. The van der Waals surface area contributed by atoms with Gasteiger partial charge in [-0.05, 0) is 43.9 Å². The molecule has 1 N–H and O–H groups in total. The van der Waals surface area contributed by atoms with Crippen molar-refractivity contribution in [3.8, 4) is 11.5 Å². The predicted octanol–water partition coefficient (Wildman–Crippen LogP) is 2.70. The Hall–Kier alpha value is -2.70. The fourth-order valence-corrected chi connectivity index (χ4v) is 3.85. The molecule has 0 unspecified atom stereocenters. The molecule has 2 aromatic rings. The second kappa shape index (κ2) is 7.90. The van der Waals surface area contributed by atoms with Crippen LogP contribution in [0.25, 0.3) is 0 Å². The highest BCUT2D eigenvalue weighted by Gasteiger charge is 2.24. The molecule has 1 aromatic carbocycles. The van der Waals surface area contributed by atoms with Crippen LogP contribution in [0.1, 0.15) is 36.2 Å². The molecule has 1 aliphatic heterocycles. The van der Waals surface area contributed by atoms with Gasteiger partial charge in [-0.25, -0.2) is 0 Å². The second-order valence-corrected chi connectivity index (χ2v) is 7.11. The summed E-state index contributed by atoms with van der Waals surface area (Å²) in [7, 11) is 1.68. The molecule has 0 radical (unpaired) electrons. The summed E-state index contributed by atoms with van der Waals surface area (Å²) in [5.74, 6) is 1.60. The first-order valence-corrected chi connectivity index (χ1v) is 9.63. The van der Waals surface area contributed by atoms with Gasteiger partial charge >= 0.3 is 0 Å². The second-order valence-electron chi connectivity index (χ2n) is 7.11. The lowest BCUT2D eigenvalue weighted by atomic mass is 10.2. The standard InChI is InChI=1S/C20H26N4O3/c1-26-18-7-6-15(14-19(18)27-16-4-2-3-5-16)23-10-12-24(13-11-23)20(25)17-8-9-21-22-17/h6-9,14,16H,2-5,10-13H2,1H3,(H,21,22). The summed E-state index contributed by atoms with van der Waals surface area (Å²) in [6, 6.07) is 7.82. The lowest BCUT2D eigenvalue weighted by Gasteiger charge is -2.36. The van der Waals surface area contributed by atoms with Crippen LogP contribution in [0.3, 0.4) is 0 Å². The minimum Gasteiger partial charge on any atom is -0.493 e. The van der Waals surface area contributed by atoms with E-state index in [4.69, 9.17) is 9.47 Å². The van der Waals surface area contributed by atoms with Crippen LogP contribution < -0.4 is 14.4 Å². The number of rotatable bonds is 5. The van der Waals surface area contributed by atoms with Crippen LogP contribution in [-0.2, 0) is 0 Å². The van der Waals surface area contributed by atoms with Crippen LogP contribution in [0.4, 0.5) is 5.69 Å². The van der Waals surface area contributed by atoms with E-state index in [1.807, 2.05) is 11.0 Å². The zero-order valence-electron chi connectivity index (χ0n) is 15.7. The van der Waals surface area contributed by atoms with Crippen molar-refractivity contribution >= 4 is 11.6 Å². The van der Waals surface area contributed by atoms with Crippen molar-refractivity contribution in [2.24, 2.45) is 0 Å². The molecule has 1 amide bonds. The molecule has 2 fully saturated rings. The van der Waals surface area contributed by atoms with Crippen molar-refractivity contribution in [3.05, 3.63) is 36.2 Å². The molecule has 1 saturated carbocycles. The number of nitrogens with zero attached hydrogens (tertiary/aromatic N) is 3. The minimum atomic E-state index is 0.00661. The number of H-pyrrole nitrogens is 1. The number of aromatic amines is 1. The summed E-state index contributed by atoms with van der Waals surface area (Å²) in [5.41, 5.74) is 1.65. The summed E-state index contributed by atoms with van der Waals surface area (Å²) < 4.78 is 11.7. The van der Waals surface area contributed by atoms with E-state index in [-0.39, 0.29) is 12.0 Å².